The average Bonchev–Trinajstić information content (AvgIpc) is 2.39. The van der Waals surface area contributed by atoms with Gasteiger partial charge in [0.25, 0.3) is 0 Å². The zero-order valence-corrected chi connectivity index (χ0v) is 13.4. The van der Waals surface area contributed by atoms with E-state index in [0.717, 1.165) is 10.0 Å². The number of esters is 1. The van der Waals surface area contributed by atoms with Crippen LogP contribution in [0.25, 0.3) is 0 Å². The zero-order chi connectivity index (χ0) is 15.0. The summed E-state index contributed by atoms with van der Waals surface area (Å²) in [6.45, 7) is 4.46. The van der Waals surface area contributed by atoms with E-state index in [9.17, 15) is 9.59 Å². The third-order valence-corrected chi connectivity index (χ3v) is 3.42. The molecule has 1 rings (SSSR count). The Morgan fingerprint density at radius 1 is 1.30 bits per heavy atom. The monoisotopic (exact) mass is 341 g/mol. The van der Waals surface area contributed by atoms with Gasteiger partial charge in [0, 0.05) is 17.4 Å². The van der Waals surface area contributed by atoms with Crippen molar-refractivity contribution in [3.05, 3.63) is 34.3 Å². The Labute approximate surface area is 128 Å². The van der Waals surface area contributed by atoms with Gasteiger partial charge in [0.2, 0.25) is 5.91 Å². The summed E-state index contributed by atoms with van der Waals surface area (Å²) in [5.41, 5.74) is 1.12. The second-order valence-corrected chi connectivity index (χ2v) is 5.48. The van der Waals surface area contributed by atoms with Crippen molar-refractivity contribution >= 4 is 27.8 Å². The van der Waals surface area contributed by atoms with Gasteiger partial charge in [-0.1, -0.05) is 35.0 Å². The van der Waals surface area contributed by atoms with Crippen LogP contribution in [-0.2, 0) is 14.3 Å². The molecule has 4 nitrogen and oxygen atoms in total. The van der Waals surface area contributed by atoms with E-state index in [1.54, 1.807) is 6.92 Å². The molecule has 0 radical (unpaired) electrons. The van der Waals surface area contributed by atoms with E-state index < -0.39 is 0 Å². The minimum Gasteiger partial charge on any atom is -0.466 e. The summed E-state index contributed by atoms with van der Waals surface area (Å²) in [5.74, 6) is -0.191. The van der Waals surface area contributed by atoms with Crippen LogP contribution >= 0.6 is 15.9 Å². The van der Waals surface area contributed by atoms with Crippen molar-refractivity contribution in [2.45, 2.75) is 32.6 Å². The fourth-order valence-corrected chi connectivity index (χ4v) is 2.06. The molecular formula is C15H20BrNO3. The SMILES string of the molecule is CCOC(=O)CCNC(=O)CC(C)c1ccc(Br)cc1. The zero-order valence-electron chi connectivity index (χ0n) is 11.8. The summed E-state index contributed by atoms with van der Waals surface area (Å²) in [5, 5.41) is 2.73. The van der Waals surface area contributed by atoms with Gasteiger partial charge >= 0.3 is 5.97 Å². The van der Waals surface area contributed by atoms with Gasteiger partial charge in [-0.25, -0.2) is 0 Å². The summed E-state index contributed by atoms with van der Waals surface area (Å²) in [7, 11) is 0. The van der Waals surface area contributed by atoms with Crippen molar-refractivity contribution in [2.24, 2.45) is 0 Å². The number of amides is 1. The highest BCUT2D eigenvalue weighted by Gasteiger charge is 2.11. The number of rotatable bonds is 7. The van der Waals surface area contributed by atoms with Gasteiger partial charge in [-0.05, 0) is 30.5 Å². The Balaban J connectivity index is 2.31. The second-order valence-electron chi connectivity index (χ2n) is 4.56. The van der Waals surface area contributed by atoms with Crippen LogP contribution in [0, 0.1) is 0 Å². The van der Waals surface area contributed by atoms with Crippen LogP contribution in [0.2, 0.25) is 0 Å². The van der Waals surface area contributed by atoms with E-state index in [1.807, 2.05) is 31.2 Å². The maximum atomic E-state index is 11.8. The number of nitrogens with one attached hydrogen (secondary N) is 1. The van der Waals surface area contributed by atoms with E-state index in [4.69, 9.17) is 4.74 Å². The molecule has 1 unspecified atom stereocenters. The standard InChI is InChI=1S/C15H20BrNO3/c1-3-20-15(19)8-9-17-14(18)10-11(2)12-4-6-13(16)7-5-12/h4-7,11H,3,8-10H2,1-2H3,(H,17,18). The molecule has 0 spiro atoms. The maximum Gasteiger partial charge on any atom is 0.307 e. The lowest BCUT2D eigenvalue weighted by molar-refractivity contribution is -0.143. The van der Waals surface area contributed by atoms with Gasteiger partial charge in [0.15, 0.2) is 0 Å². The van der Waals surface area contributed by atoms with Crippen LogP contribution in [-0.4, -0.2) is 25.0 Å². The van der Waals surface area contributed by atoms with Crippen LogP contribution < -0.4 is 5.32 Å². The number of hydrogen-bond donors (Lipinski definition) is 1. The van der Waals surface area contributed by atoms with Crippen molar-refractivity contribution in [1.82, 2.24) is 5.32 Å². The Kier molecular flexibility index (Phi) is 7.30. The molecule has 110 valence electrons. The molecule has 0 aliphatic carbocycles. The summed E-state index contributed by atoms with van der Waals surface area (Å²) < 4.78 is 5.81. The quantitative estimate of drug-likeness (QED) is 0.775. The Bertz CT molecular complexity index is 445. The molecule has 20 heavy (non-hydrogen) atoms. The minimum atomic E-state index is -0.284. The highest BCUT2D eigenvalue weighted by Crippen LogP contribution is 2.21. The number of halogens is 1. The molecule has 1 amide bonds. The molecule has 0 saturated heterocycles. The molecular weight excluding hydrogens is 322 g/mol. The Hall–Kier alpha value is -1.36. The first-order valence-corrected chi connectivity index (χ1v) is 7.50. The highest BCUT2D eigenvalue weighted by atomic mass is 79.9. The number of carbonyl (C=O) groups excluding carboxylic acids is 2. The van der Waals surface area contributed by atoms with Crippen molar-refractivity contribution < 1.29 is 14.3 Å². The van der Waals surface area contributed by atoms with E-state index in [2.05, 4.69) is 21.2 Å². The van der Waals surface area contributed by atoms with Crippen molar-refractivity contribution in [3.8, 4) is 0 Å². The molecule has 0 aliphatic rings. The predicted octanol–water partition coefficient (Wildman–Crippen LogP) is 3.01. The number of ether oxygens (including phenoxy) is 1. The van der Waals surface area contributed by atoms with Crippen LogP contribution in [0.4, 0.5) is 0 Å². The van der Waals surface area contributed by atoms with E-state index in [1.165, 1.54) is 0 Å². The van der Waals surface area contributed by atoms with Gasteiger partial charge in [-0.3, -0.25) is 9.59 Å². The van der Waals surface area contributed by atoms with Crippen LogP contribution in [0.15, 0.2) is 28.7 Å². The third kappa shape index (κ3) is 6.19. The summed E-state index contributed by atoms with van der Waals surface area (Å²) >= 11 is 3.38. The summed E-state index contributed by atoms with van der Waals surface area (Å²) in [6, 6.07) is 7.93. The van der Waals surface area contributed by atoms with E-state index in [-0.39, 0.29) is 24.2 Å². The van der Waals surface area contributed by atoms with Crippen molar-refractivity contribution in [3.63, 3.8) is 0 Å². The first kappa shape index (κ1) is 16.7. The van der Waals surface area contributed by atoms with Crippen molar-refractivity contribution in [1.29, 1.82) is 0 Å². The van der Waals surface area contributed by atoms with Gasteiger partial charge in [-0.15, -0.1) is 0 Å². The highest BCUT2D eigenvalue weighted by molar-refractivity contribution is 9.10. The predicted molar refractivity (Wildman–Crippen MR) is 81.4 cm³/mol. The maximum absolute atomic E-state index is 11.8. The molecule has 0 saturated carbocycles. The molecule has 1 aromatic rings. The van der Waals surface area contributed by atoms with Crippen LogP contribution in [0.3, 0.4) is 0 Å². The summed E-state index contributed by atoms with van der Waals surface area (Å²) in [4.78, 5) is 22.9. The minimum absolute atomic E-state index is 0.0512. The van der Waals surface area contributed by atoms with Crippen molar-refractivity contribution in [2.75, 3.05) is 13.2 Å². The molecule has 1 aromatic carbocycles. The topological polar surface area (TPSA) is 55.4 Å². The molecule has 0 aromatic heterocycles. The Morgan fingerprint density at radius 2 is 1.95 bits per heavy atom. The first-order valence-electron chi connectivity index (χ1n) is 6.70. The fraction of sp³-hybridized carbons (Fsp3) is 0.467. The number of hydrogen-bond acceptors (Lipinski definition) is 3. The van der Waals surface area contributed by atoms with E-state index >= 15 is 0 Å². The van der Waals surface area contributed by atoms with Gasteiger partial charge in [0.1, 0.15) is 0 Å². The molecule has 0 fully saturated rings. The molecule has 0 heterocycles. The van der Waals surface area contributed by atoms with Gasteiger partial charge in [-0.2, -0.15) is 0 Å². The largest absolute Gasteiger partial charge is 0.466 e. The third-order valence-electron chi connectivity index (χ3n) is 2.89. The van der Waals surface area contributed by atoms with Crippen LogP contribution in [0.1, 0.15) is 38.2 Å². The second kappa shape index (κ2) is 8.74. The van der Waals surface area contributed by atoms with Crippen LogP contribution in [0.5, 0.6) is 0 Å². The smallest absolute Gasteiger partial charge is 0.307 e. The Morgan fingerprint density at radius 3 is 2.55 bits per heavy atom. The van der Waals surface area contributed by atoms with E-state index in [0.29, 0.717) is 19.6 Å². The molecule has 0 aliphatic heterocycles. The average molecular weight is 342 g/mol. The normalized spacial score (nSPS) is 11.8. The molecule has 1 N–H and O–H groups in total. The first-order chi connectivity index (χ1) is 9.52. The molecule has 1 atom stereocenters. The number of benzene rings is 1. The van der Waals surface area contributed by atoms with Gasteiger partial charge < -0.3 is 10.1 Å². The van der Waals surface area contributed by atoms with Gasteiger partial charge in [0.05, 0.1) is 13.0 Å². The summed E-state index contributed by atoms with van der Waals surface area (Å²) in [6.07, 6.45) is 0.622. The fourth-order valence-electron chi connectivity index (χ4n) is 1.80. The lowest BCUT2D eigenvalue weighted by atomic mass is 9.97. The lowest BCUT2D eigenvalue weighted by Gasteiger charge is -2.12. The number of carbonyl (C=O) groups is 2. The molecule has 0 bridgehead atoms. The molecule has 5 heteroatoms. The lowest BCUT2D eigenvalue weighted by Crippen LogP contribution is -2.27.